The zero-order valence-electron chi connectivity index (χ0n) is 10.4. The van der Waals surface area contributed by atoms with Crippen molar-refractivity contribution in [2.24, 2.45) is 0 Å². The molecule has 0 fully saturated rings. The van der Waals surface area contributed by atoms with Crippen LogP contribution in [-0.2, 0) is 4.74 Å². The number of rotatable bonds is 7. The molecule has 4 nitrogen and oxygen atoms in total. The zero-order valence-corrected chi connectivity index (χ0v) is 11.1. The van der Waals surface area contributed by atoms with Crippen molar-refractivity contribution < 1.29 is 4.74 Å². The number of pyridine rings is 1. The molecule has 0 aliphatic heterocycles. The quantitative estimate of drug-likeness (QED) is 0.737. The highest BCUT2D eigenvalue weighted by atomic mass is 35.5. The van der Waals surface area contributed by atoms with Gasteiger partial charge in [0.1, 0.15) is 5.82 Å². The summed E-state index contributed by atoms with van der Waals surface area (Å²) in [5.74, 6) is 0.525. The molecule has 1 heterocycles. The predicted molar refractivity (Wildman–Crippen MR) is 71.2 cm³/mol. The largest absolute Gasteiger partial charge is 0.383 e. The number of ether oxygens (including phenoxy) is 1. The maximum atomic E-state index is 5.95. The SMILES string of the molecule is CCNC(CCOCC)c1cc(Cl)cnc1N. The lowest BCUT2D eigenvalue weighted by Crippen LogP contribution is -2.23. The molecule has 5 heteroatoms. The Kier molecular flexibility index (Phi) is 6.26. The number of halogens is 1. The Morgan fingerprint density at radius 1 is 1.53 bits per heavy atom. The Balaban J connectivity index is 2.77. The Morgan fingerprint density at radius 3 is 2.94 bits per heavy atom. The molecule has 0 spiro atoms. The number of nitrogens with one attached hydrogen (secondary N) is 1. The summed E-state index contributed by atoms with van der Waals surface area (Å²) in [5.41, 5.74) is 6.82. The van der Waals surface area contributed by atoms with Gasteiger partial charge < -0.3 is 15.8 Å². The number of aromatic nitrogens is 1. The van der Waals surface area contributed by atoms with Gasteiger partial charge in [-0.1, -0.05) is 18.5 Å². The van der Waals surface area contributed by atoms with Crippen LogP contribution in [0.2, 0.25) is 5.02 Å². The van der Waals surface area contributed by atoms with Crippen LogP contribution in [0.4, 0.5) is 5.82 Å². The number of nitrogens with two attached hydrogens (primary N) is 1. The second kappa shape index (κ2) is 7.48. The van der Waals surface area contributed by atoms with E-state index in [1.165, 1.54) is 0 Å². The van der Waals surface area contributed by atoms with Gasteiger partial charge in [-0.05, 0) is 26.0 Å². The van der Waals surface area contributed by atoms with E-state index in [0.717, 1.165) is 25.1 Å². The maximum Gasteiger partial charge on any atom is 0.128 e. The molecule has 0 aromatic carbocycles. The van der Waals surface area contributed by atoms with Gasteiger partial charge in [0.05, 0.1) is 5.02 Å². The van der Waals surface area contributed by atoms with E-state index in [0.29, 0.717) is 17.4 Å². The first-order chi connectivity index (χ1) is 8.19. The van der Waals surface area contributed by atoms with Crippen LogP contribution in [0.1, 0.15) is 31.9 Å². The van der Waals surface area contributed by atoms with E-state index in [2.05, 4.69) is 17.2 Å². The third-order valence-corrected chi connectivity index (χ3v) is 2.70. The summed E-state index contributed by atoms with van der Waals surface area (Å²) in [6, 6.07) is 2.00. The van der Waals surface area contributed by atoms with Crippen LogP contribution in [0.15, 0.2) is 12.3 Å². The van der Waals surface area contributed by atoms with Gasteiger partial charge in [0.25, 0.3) is 0 Å². The molecule has 0 saturated carbocycles. The van der Waals surface area contributed by atoms with Crippen LogP contribution < -0.4 is 11.1 Å². The van der Waals surface area contributed by atoms with Crippen LogP contribution in [0.5, 0.6) is 0 Å². The van der Waals surface area contributed by atoms with E-state index in [9.17, 15) is 0 Å². The molecule has 1 aromatic heterocycles. The zero-order chi connectivity index (χ0) is 12.7. The average molecular weight is 258 g/mol. The van der Waals surface area contributed by atoms with Gasteiger partial charge in [0.15, 0.2) is 0 Å². The van der Waals surface area contributed by atoms with Crippen LogP contribution in [-0.4, -0.2) is 24.7 Å². The second-order valence-electron chi connectivity index (χ2n) is 3.72. The van der Waals surface area contributed by atoms with Gasteiger partial charge in [0, 0.05) is 31.0 Å². The lowest BCUT2D eigenvalue weighted by atomic mass is 10.1. The number of nitrogens with zero attached hydrogens (tertiary/aromatic N) is 1. The van der Waals surface area contributed by atoms with Crippen molar-refractivity contribution in [1.29, 1.82) is 0 Å². The summed E-state index contributed by atoms with van der Waals surface area (Å²) in [6.07, 6.45) is 2.42. The smallest absolute Gasteiger partial charge is 0.128 e. The predicted octanol–water partition coefficient (Wildman–Crippen LogP) is 2.39. The fourth-order valence-corrected chi connectivity index (χ4v) is 1.87. The minimum Gasteiger partial charge on any atom is -0.383 e. The van der Waals surface area contributed by atoms with E-state index >= 15 is 0 Å². The summed E-state index contributed by atoms with van der Waals surface area (Å²) in [5, 5.41) is 3.97. The molecule has 96 valence electrons. The summed E-state index contributed by atoms with van der Waals surface area (Å²) in [7, 11) is 0. The number of hydrogen-bond donors (Lipinski definition) is 2. The first kappa shape index (κ1) is 14.2. The maximum absolute atomic E-state index is 5.95. The highest BCUT2D eigenvalue weighted by Gasteiger charge is 2.14. The van der Waals surface area contributed by atoms with E-state index < -0.39 is 0 Å². The molecule has 1 aromatic rings. The monoisotopic (exact) mass is 257 g/mol. The molecule has 0 saturated heterocycles. The minimum absolute atomic E-state index is 0.137. The van der Waals surface area contributed by atoms with Crippen LogP contribution in [0.25, 0.3) is 0 Å². The van der Waals surface area contributed by atoms with E-state index in [1.807, 2.05) is 13.0 Å². The second-order valence-corrected chi connectivity index (χ2v) is 4.16. The van der Waals surface area contributed by atoms with Crippen molar-refractivity contribution in [3.63, 3.8) is 0 Å². The highest BCUT2D eigenvalue weighted by Crippen LogP contribution is 2.24. The third kappa shape index (κ3) is 4.50. The van der Waals surface area contributed by atoms with Gasteiger partial charge in [-0.3, -0.25) is 0 Å². The third-order valence-electron chi connectivity index (χ3n) is 2.50. The van der Waals surface area contributed by atoms with Crippen molar-refractivity contribution in [2.75, 3.05) is 25.5 Å². The minimum atomic E-state index is 0.137. The highest BCUT2D eigenvalue weighted by molar-refractivity contribution is 6.30. The first-order valence-electron chi connectivity index (χ1n) is 5.91. The molecule has 17 heavy (non-hydrogen) atoms. The van der Waals surface area contributed by atoms with Gasteiger partial charge in [-0.15, -0.1) is 0 Å². The van der Waals surface area contributed by atoms with Crippen molar-refractivity contribution in [3.8, 4) is 0 Å². The lowest BCUT2D eigenvalue weighted by molar-refractivity contribution is 0.136. The Labute approximate surface area is 108 Å². The van der Waals surface area contributed by atoms with Gasteiger partial charge in [-0.25, -0.2) is 4.98 Å². The molecule has 0 aliphatic carbocycles. The Hall–Kier alpha value is -0.840. The van der Waals surface area contributed by atoms with Crippen molar-refractivity contribution in [1.82, 2.24) is 10.3 Å². The molecule has 0 bridgehead atoms. The standard InChI is InChI=1S/C12H20ClN3O/c1-3-15-11(5-6-17-4-2)10-7-9(13)8-16-12(10)14/h7-8,11,15H,3-6H2,1-2H3,(H2,14,16). The van der Waals surface area contributed by atoms with Gasteiger partial charge in [0.2, 0.25) is 0 Å². The summed E-state index contributed by atoms with van der Waals surface area (Å²) >= 11 is 5.95. The summed E-state index contributed by atoms with van der Waals surface area (Å²) in [6.45, 7) is 6.32. The average Bonchev–Trinajstić information content (AvgIpc) is 2.32. The van der Waals surface area contributed by atoms with Crippen molar-refractivity contribution >= 4 is 17.4 Å². The first-order valence-corrected chi connectivity index (χ1v) is 6.28. The van der Waals surface area contributed by atoms with Gasteiger partial charge in [-0.2, -0.15) is 0 Å². The molecule has 1 atom stereocenters. The van der Waals surface area contributed by atoms with Crippen molar-refractivity contribution in [3.05, 3.63) is 22.8 Å². The fraction of sp³-hybridized carbons (Fsp3) is 0.583. The molecule has 0 aliphatic rings. The van der Waals surface area contributed by atoms with E-state index in [1.54, 1.807) is 6.20 Å². The van der Waals surface area contributed by atoms with Crippen LogP contribution in [0.3, 0.4) is 0 Å². The van der Waals surface area contributed by atoms with Gasteiger partial charge >= 0.3 is 0 Å². The molecule has 0 amide bonds. The van der Waals surface area contributed by atoms with E-state index in [-0.39, 0.29) is 6.04 Å². The van der Waals surface area contributed by atoms with E-state index in [4.69, 9.17) is 22.1 Å². The van der Waals surface area contributed by atoms with Crippen LogP contribution in [0, 0.1) is 0 Å². The van der Waals surface area contributed by atoms with Crippen molar-refractivity contribution in [2.45, 2.75) is 26.3 Å². The lowest BCUT2D eigenvalue weighted by Gasteiger charge is -2.19. The Bertz CT molecular complexity index is 347. The molecule has 0 radical (unpaired) electrons. The molecular weight excluding hydrogens is 238 g/mol. The normalized spacial score (nSPS) is 12.6. The number of hydrogen-bond acceptors (Lipinski definition) is 4. The van der Waals surface area contributed by atoms with Crippen LogP contribution >= 0.6 is 11.6 Å². The molecule has 3 N–H and O–H groups in total. The summed E-state index contributed by atoms with van der Waals surface area (Å²) in [4.78, 5) is 4.08. The molecular formula is C12H20ClN3O. The number of nitrogen functional groups attached to an aromatic ring is 1. The topological polar surface area (TPSA) is 60.2 Å². The summed E-state index contributed by atoms with van der Waals surface area (Å²) < 4.78 is 5.37. The molecule has 1 unspecified atom stereocenters. The Morgan fingerprint density at radius 2 is 2.29 bits per heavy atom. The fourth-order valence-electron chi connectivity index (χ4n) is 1.70. The molecule has 1 rings (SSSR count). The number of anilines is 1.